The van der Waals surface area contributed by atoms with Crippen molar-refractivity contribution in [2.75, 3.05) is 6.61 Å². The van der Waals surface area contributed by atoms with Gasteiger partial charge >= 0.3 is 0 Å². The van der Waals surface area contributed by atoms with Crippen LogP contribution in [0.4, 0.5) is 0 Å². The Morgan fingerprint density at radius 2 is 1.58 bits per heavy atom. The molecule has 5 atom stereocenters. The van der Waals surface area contributed by atoms with Crippen LogP contribution in [0.1, 0.15) is 0 Å². The Morgan fingerprint density at radius 1 is 0.939 bits per heavy atom. The largest absolute Gasteiger partial charge is 0.508 e. The first kappa shape index (κ1) is 26.4. The van der Waals surface area contributed by atoms with Crippen LogP contribution in [0.3, 0.4) is 0 Å². The van der Waals surface area contributed by atoms with E-state index in [1.165, 1.54) is 24.5 Å². The summed E-state index contributed by atoms with van der Waals surface area (Å²) in [5.74, 6) is -0.434. The molecule has 33 heavy (non-hydrogen) atoms. The zero-order chi connectivity index (χ0) is 23.6. The first-order valence-corrected chi connectivity index (χ1v) is 9.47. The first-order valence-electron chi connectivity index (χ1n) is 9.47. The number of aliphatic hydroxyl groups is 4. The fourth-order valence-electron chi connectivity index (χ4n) is 3.18. The number of phenolic OH excluding ortho intramolecular Hbond substituents is 3. The Balaban J connectivity index is 0.000000257. The van der Waals surface area contributed by atoms with Gasteiger partial charge in [-0.05, 0) is 17.7 Å². The molecular formula is C21H24ClNO10. The van der Waals surface area contributed by atoms with Gasteiger partial charge in [0.1, 0.15) is 52.8 Å². The van der Waals surface area contributed by atoms with E-state index < -0.39 is 42.7 Å². The van der Waals surface area contributed by atoms with E-state index in [-0.39, 0.29) is 46.2 Å². The van der Waals surface area contributed by atoms with Crippen LogP contribution in [0.5, 0.6) is 17.2 Å². The quantitative estimate of drug-likeness (QED) is 0.237. The second-order valence-electron chi connectivity index (χ2n) is 7.17. The topological polar surface area (TPSA) is 207 Å². The van der Waals surface area contributed by atoms with Crippen molar-refractivity contribution in [3.8, 4) is 28.4 Å². The second-order valence-corrected chi connectivity index (χ2v) is 7.17. The number of phenols is 3. The maximum Gasteiger partial charge on any atom is 0.204 e. The highest BCUT2D eigenvalue weighted by molar-refractivity contribution is 5.88. The molecule has 3 aromatic rings. The smallest absolute Gasteiger partial charge is 0.204 e. The molecule has 2 aromatic carbocycles. The van der Waals surface area contributed by atoms with Crippen molar-refractivity contribution in [2.24, 2.45) is 5.73 Å². The minimum Gasteiger partial charge on any atom is -0.508 e. The van der Waals surface area contributed by atoms with E-state index in [1.807, 2.05) is 0 Å². The molecule has 11 nitrogen and oxygen atoms in total. The fourth-order valence-corrected chi connectivity index (χ4v) is 3.18. The van der Waals surface area contributed by atoms with Crippen molar-refractivity contribution < 1.29 is 44.9 Å². The summed E-state index contributed by atoms with van der Waals surface area (Å²) < 4.78 is 9.99. The van der Waals surface area contributed by atoms with Gasteiger partial charge in [0, 0.05) is 12.1 Å². The molecule has 0 bridgehead atoms. The Kier molecular flexibility index (Phi) is 8.63. The van der Waals surface area contributed by atoms with Gasteiger partial charge in [-0.25, -0.2) is 0 Å². The van der Waals surface area contributed by atoms with E-state index >= 15 is 0 Å². The molecule has 0 aliphatic carbocycles. The van der Waals surface area contributed by atoms with Crippen LogP contribution >= 0.6 is 12.4 Å². The van der Waals surface area contributed by atoms with E-state index in [9.17, 15) is 30.3 Å². The van der Waals surface area contributed by atoms with Crippen LogP contribution < -0.4 is 11.2 Å². The summed E-state index contributed by atoms with van der Waals surface area (Å²) >= 11 is 0. The SMILES string of the molecule is Cl.N[C@H]1C(O)O[C@H](CO)[C@@H](O)[C@@H]1O.O=c1c(-c2ccc(O)cc2)coc2cc(O)cc(O)c12. The molecule has 12 heteroatoms. The minimum atomic E-state index is -1.35. The van der Waals surface area contributed by atoms with Crippen molar-refractivity contribution in [2.45, 2.75) is 30.6 Å². The molecule has 1 aliphatic heterocycles. The molecule has 4 rings (SSSR count). The predicted molar refractivity (Wildman–Crippen MR) is 118 cm³/mol. The number of hydrogen-bond acceptors (Lipinski definition) is 11. The predicted octanol–water partition coefficient (Wildman–Crippen LogP) is -0.256. The summed E-state index contributed by atoms with van der Waals surface area (Å²) in [6, 6.07) is 7.36. The Labute approximate surface area is 192 Å². The van der Waals surface area contributed by atoms with Crippen LogP contribution in [0, 0.1) is 0 Å². The van der Waals surface area contributed by atoms with E-state index in [4.69, 9.17) is 25.1 Å². The lowest BCUT2D eigenvalue weighted by Gasteiger charge is -2.38. The molecule has 2 heterocycles. The maximum atomic E-state index is 12.4. The van der Waals surface area contributed by atoms with Crippen molar-refractivity contribution in [1.29, 1.82) is 0 Å². The van der Waals surface area contributed by atoms with Crippen molar-refractivity contribution in [3.63, 3.8) is 0 Å². The molecule has 9 N–H and O–H groups in total. The third-order valence-corrected chi connectivity index (χ3v) is 4.97. The monoisotopic (exact) mass is 485 g/mol. The molecule has 0 amide bonds. The van der Waals surface area contributed by atoms with Gasteiger partial charge in [0.25, 0.3) is 0 Å². The van der Waals surface area contributed by atoms with Crippen molar-refractivity contribution in [3.05, 3.63) is 52.9 Å². The zero-order valence-electron chi connectivity index (χ0n) is 17.0. The zero-order valence-corrected chi connectivity index (χ0v) is 17.8. The first-order chi connectivity index (χ1) is 15.1. The second kappa shape index (κ2) is 10.8. The van der Waals surface area contributed by atoms with Crippen LogP contribution in [0.2, 0.25) is 0 Å². The molecule has 1 aromatic heterocycles. The summed E-state index contributed by atoms with van der Waals surface area (Å²) in [5, 5.41) is 64.5. The number of halogens is 1. The summed E-state index contributed by atoms with van der Waals surface area (Å²) in [7, 11) is 0. The summed E-state index contributed by atoms with van der Waals surface area (Å²) in [6.45, 7) is -0.470. The molecule has 0 spiro atoms. The Hall–Kier alpha value is -2.90. The van der Waals surface area contributed by atoms with Crippen molar-refractivity contribution in [1.82, 2.24) is 0 Å². The lowest BCUT2D eigenvalue weighted by atomic mass is 9.98. The van der Waals surface area contributed by atoms with Crippen LogP contribution in [-0.2, 0) is 4.74 Å². The molecule has 1 unspecified atom stereocenters. The van der Waals surface area contributed by atoms with E-state index in [0.717, 1.165) is 6.07 Å². The summed E-state index contributed by atoms with van der Waals surface area (Å²) in [5.41, 5.74) is 5.78. The lowest BCUT2D eigenvalue weighted by molar-refractivity contribution is -0.248. The molecule has 180 valence electrons. The van der Waals surface area contributed by atoms with Gasteiger partial charge < -0.3 is 50.6 Å². The Morgan fingerprint density at radius 3 is 2.18 bits per heavy atom. The van der Waals surface area contributed by atoms with Gasteiger partial charge in [-0.3, -0.25) is 4.79 Å². The Bertz CT molecular complexity index is 1130. The third kappa shape index (κ3) is 5.54. The molecule has 0 saturated carbocycles. The standard InChI is InChI=1S/C15H10O5.C6H13NO5.ClH/c16-9-3-1-8(2-4-9)11-7-20-13-6-10(17)5-12(18)14(13)15(11)19;7-3-5(10)4(9)2(1-8)12-6(3)11;/h1-7,16-18H;2-6,8-11H,1,7H2;1H/t;2-,3-,4-,5-,6?;/m.1./s1. The van der Waals surface area contributed by atoms with Gasteiger partial charge in [-0.2, -0.15) is 0 Å². The number of benzene rings is 2. The average Bonchev–Trinajstić information content (AvgIpc) is 2.76. The van der Waals surface area contributed by atoms with Gasteiger partial charge in [0.2, 0.25) is 5.43 Å². The van der Waals surface area contributed by atoms with Crippen LogP contribution in [0.15, 0.2) is 51.9 Å². The molecule has 0 radical (unpaired) electrons. The highest BCUT2D eigenvalue weighted by Gasteiger charge is 2.41. The number of hydrogen-bond donors (Lipinski definition) is 8. The van der Waals surface area contributed by atoms with E-state index in [1.54, 1.807) is 12.1 Å². The van der Waals surface area contributed by atoms with Crippen LogP contribution in [-0.4, -0.2) is 73.0 Å². The third-order valence-electron chi connectivity index (χ3n) is 4.97. The number of fused-ring (bicyclic) bond motifs is 1. The summed E-state index contributed by atoms with van der Waals surface area (Å²) in [4.78, 5) is 12.4. The summed E-state index contributed by atoms with van der Waals surface area (Å²) in [6.07, 6.45) is -3.59. The van der Waals surface area contributed by atoms with Crippen LogP contribution in [0.25, 0.3) is 22.1 Å². The van der Waals surface area contributed by atoms with Gasteiger partial charge in [-0.15, -0.1) is 12.4 Å². The number of aromatic hydroxyl groups is 3. The highest BCUT2D eigenvalue weighted by Crippen LogP contribution is 2.29. The fraction of sp³-hybridized carbons (Fsp3) is 0.286. The molecule has 1 saturated heterocycles. The van der Waals surface area contributed by atoms with E-state index in [0.29, 0.717) is 5.56 Å². The number of nitrogens with two attached hydrogens (primary N) is 1. The average molecular weight is 486 g/mol. The highest BCUT2D eigenvalue weighted by atomic mass is 35.5. The lowest BCUT2D eigenvalue weighted by Crippen LogP contribution is -2.61. The van der Waals surface area contributed by atoms with Gasteiger partial charge in [0.15, 0.2) is 6.29 Å². The number of ether oxygens (including phenoxy) is 1. The molecule has 1 fully saturated rings. The number of aliphatic hydroxyl groups excluding tert-OH is 4. The number of rotatable bonds is 2. The maximum absolute atomic E-state index is 12.4. The molecule has 1 aliphatic rings. The minimum absolute atomic E-state index is 0. The van der Waals surface area contributed by atoms with Crippen molar-refractivity contribution >= 4 is 23.4 Å². The van der Waals surface area contributed by atoms with Gasteiger partial charge in [-0.1, -0.05) is 12.1 Å². The van der Waals surface area contributed by atoms with E-state index in [2.05, 4.69) is 0 Å². The normalized spacial score (nSPS) is 24.5. The molecular weight excluding hydrogens is 462 g/mol. The van der Waals surface area contributed by atoms with Gasteiger partial charge in [0.05, 0.1) is 18.2 Å².